The Morgan fingerprint density at radius 3 is 2.80 bits per heavy atom. The van der Waals surface area contributed by atoms with Gasteiger partial charge in [-0.1, -0.05) is 0 Å². The number of aryl methyl sites for hydroxylation is 1. The number of carbonyl (C=O) groups excluding carboxylic acids is 1. The molecule has 0 radical (unpaired) electrons. The molecule has 1 atom stereocenters. The van der Waals surface area contributed by atoms with E-state index in [0.29, 0.717) is 35.8 Å². The first kappa shape index (κ1) is 27.0. The van der Waals surface area contributed by atoms with Crippen LogP contribution in [0.1, 0.15) is 36.0 Å². The van der Waals surface area contributed by atoms with E-state index in [9.17, 15) is 13.6 Å². The summed E-state index contributed by atoms with van der Waals surface area (Å²) in [4.78, 5) is 24.8. The molecule has 11 heteroatoms. The number of rotatable bonds is 5. The van der Waals surface area contributed by atoms with Gasteiger partial charge in [-0.3, -0.25) is 4.79 Å². The third-order valence-corrected chi connectivity index (χ3v) is 8.92. The van der Waals surface area contributed by atoms with Crippen molar-refractivity contribution in [1.29, 1.82) is 0 Å². The van der Waals surface area contributed by atoms with Gasteiger partial charge in [-0.25, -0.2) is 18.7 Å². The predicted octanol–water partition coefficient (Wildman–Crippen LogP) is 4.58. The van der Waals surface area contributed by atoms with Gasteiger partial charge in [0.15, 0.2) is 5.82 Å². The molecule has 1 saturated carbocycles. The third-order valence-electron chi connectivity index (χ3n) is 8.92. The van der Waals surface area contributed by atoms with Gasteiger partial charge in [-0.05, 0) is 55.5 Å². The van der Waals surface area contributed by atoms with Crippen LogP contribution in [-0.4, -0.2) is 69.1 Å². The molecule has 3 aliphatic rings. The number of ether oxygens (including phenoxy) is 1. The number of fused-ring (bicyclic) bond motifs is 2. The van der Waals surface area contributed by atoms with Gasteiger partial charge in [0.05, 0.1) is 23.7 Å². The van der Waals surface area contributed by atoms with E-state index in [1.165, 1.54) is 12.8 Å². The highest BCUT2D eigenvalue weighted by Gasteiger charge is 2.58. The minimum atomic E-state index is -2.79. The maximum Gasteiger partial charge on any atom is 0.257 e. The number of likely N-dealkylation sites (tertiary alicyclic amines) is 1. The average Bonchev–Trinajstić information content (AvgIpc) is 3.38. The van der Waals surface area contributed by atoms with Crippen molar-refractivity contribution in [1.82, 2.24) is 29.3 Å². The van der Waals surface area contributed by atoms with E-state index in [4.69, 9.17) is 9.72 Å². The summed E-state index contributed by atoms with van der Waals surface area (Å²) in [6.07, 6.45) is 4.33. The van der Waals surface area contributed by atoms with Gasteiger partial charge in [-0.2, -0.15) is 13.5 Å². The van der Waals surface area contributed by atoms with Crippen LogP contribution in [-0.2, 0) is 13.6 Å². The van der Waals surface area contributed by atoms with E-state index >= 15 is 0 Å². The van der Waals surface area contributed by atoms with Crippen molar-refractivity contribution in [3.8, 4) is 17.3 Å². The topological polar surface area (TPSA) is 77.2 Å². The van der Waals surface area contributed by atoms with Gasteiger partial charge in [0.1, 0.15) is 16.9 Å². The SMILES string of the molecule is COc1cc(C(=O)N2CC[C@]3(CNCCC3(F)F)C2)cc2nc(-c3cc4cccnc4n3CC3CC3)n(C)c12.S. The molecule has 1 amide bonds. The Morgan fingerprint density at radius 2 is 2.05 bits per heavy atom. The number of aromatic nitrogens is 4. The van der Waals surface area contributed by atoms with E-state index in [-0.39, 0.29) is 45.3 Å². The number of halogens is 2. The Labute approximate surface area is 238 Å². The summed E-state index contributed by atoms with van der Waals surface area (Å²) < 4.78 is 39.8. The fraction of sp³-hybridized carbons (Fsp3) is 0.483. The Bertz CT molecular complexity index is 1610. The minimum Gasteiger partial charge on any atom is -0.494 e. The lowest BCUT2D eigenvalue weighted by Gasteiger charge is -2.41. The van der Waals surface area contributed by atoms with Crippen molar-refractivity contribution in [2.24, 2.45) is 18.4 Å². The highest BCUT2D eigenvalue weighted by atomic mass is 32.1. The monoisotopic (exact) mass is 568 g/mol. The van der Waals surface area contributed by atoms with Crippen LogP contribution in [0.5, 0.6) is 5.75 Å². The molecule has 212 valence electrons. The van der Waals surface area contributed by atoms with Gasteiger partial charge < -0.3 is 24.1 Å². The van der Waals surface area contributed by atoms with Crippen LogP contribution in [0.4, 0.5) is 8.78 Å². The Morgan fingerprint density at radius 1 is 1.23 bits per heavy atom. The molecule has 4 aromatic rings. The number of alkyl halides is 2. The zero-order valence-electron chi connectivity index (χ0n) is 22.7. The molecule has 2 aliphatic heterocycles. The highest BCUT2D eigenvalue weighted by Crippen LogP contribution is 2.48. The standard InChI is InChI=1S/C29H32F2N6O2.H2S/c1-35-24-21(34-26(35)22-13-19-4-3-9-33-25(19)37(22)15-18-5-6-18)12-20(14-23(24)39-2)27(38)36-11-8-28(17-36)16-32-10-7-29(28,30)31;/h3-4,9,12-14,18,32H,5-8,10-11,15-17H2,1-2H3;1H2/t28-;/m0./s1. The molecular formula is C29H34F2N6O2S. The lowest BCUT2D eigenvalue weighted by atomic mass is 9.76. The molecule has 1 spiro atoms. The normalized spacial score (nSPS) is 22.2. The van der Waals surface area contributed by atoms with Crippen molar-refractivity contribution in [3.05, 3.63) is 42.1 Å². The number of methoxy groups -OCH3 is 1. The molecule has 0 bridgehead atoms. The van der Waals surface area contributed by atoms with Gasteiger partial charge >= 0.3 is 0 Å². The quantitative estimate of drug-likeness (QED) is 0.381. The largest absolute Gasteiger partial charge is 0.494 e. The smallest absolute Gasteiger partial charge is 0.257 e. The Kier molecular flexibility index (Phi) is 6.57. The minimum absolute atomic E-state index is 0. The predicted molar refractivity (Wildman–Crippen MR) is 154 cm³/mol. The summed E-state index contributed by atoms with van der Waals surface area (Å²) in [5.74, 6) is -1.13. The number of pyridine rings is 1. The van der Waals surface area contributed by atoms with E-state index in [2.05, 4.69) is 27.0 Å². The molecule has 1 aromatic carbocycles. The number of hydrogen-bond acceptors (Lipinski definition) is 5. The average molecular weight is 569 g/mol. The van der Waals surface area contributed by atoms with E-state index in [0.717, 1.165) is 34.6 Å². The summed E-state index contributed by atoms with van der Waals surface area (Å²) in [5, 5.41) is 4.17. The summed E-state index contributed by atoms with van der Waals surface area (Å²) in [7, 11) is 3.52. The van der Waals surface area contributed by atoms with Crippen LogP contribution in [0.15, 0.2) is 36.5 Å². The van der Waals surface area contributed by atoms with E-state index in [1.54, 1.807) is 24.1 Å². The van der Waals surface area contributed by atoms with Crippen LogP contribution in [0.3, 0.4) is 0 Å². The second-order valence-corrected chi connectivity index (χ2v) is 11.4. The van der Waals surface area contributed by atoms with Gasteiger partial charge in [0, 0.05) is 63.3 Å². The molecule has 40 heavy (non-hydrogen) atoms. The number of hydrogen-bond donors (Lipinski definition) is 1. The molecule has 0 unspecified atom stereocenters. The second kappa shape index (κ2) is 9.73. The fourth-order valence-corrected chi connectivity index (χ4v) is 6.47. The van der Waals surface area contributed by atoms with Crippen LogP contribution >= 0.6 is 13.5 Å². The summed E-state index contributed by atoms with van der Waals surface area (Å²) in [6.45, 7) is 1.75. The van der Waals surface area contributed by atoms with E-state index < -0.39 is 11.3 Å². The van der Waals surface area contributed by atoms with Crippen molar-refractivity contribution in [3.63, 3.8) is 0 Å². The van der Waals surface area contributed by atoms with Crippen molar-refractivity contribution >= 4 is 41.5 Å². The molecule has 2 saturated heterocycles. The number of piperidine rings is 1. The molecule has 3 fully saturated rings. The van der Waals surface area contributed by atoms with Crippen LogP contribution in [0.2, 0.25) is 0 Å². The summed E-state index contributed by atoms with van der Waals surface area (Å²) in [6, 6.07) is 9.58. The zero-order chi connectivity index (χ0) is 26.9. The number of carbonyl (C=O) groups is 1. The van der Waals surface area contributed by atoms with Crippen LogP contribution < -0.4 is 10.1 Å². The van der Waals surface area contributed by atoms with Crippen molar-refractivity contribution < 1.29 is 18.3 Å². The Hall–Kier alpha value is -3.18. The number of benzene rings is 1. The van der Waals surface area contributed by atoms with Crippen LogP contribution in [0, 0.1) is 11.3 Å². The molecule has 1 aliphatic carbocycles. The molecule has 1 N–H and O–H groups in total. The number of nitrogens with one attached hydrogen (secondary N) is 1. The molecular weight excluding hydrogens is 534 g/mol. The summed E-state index contributed by atoms with van der Waals surface area (Å²) >= 11 is 0. The van der Waals surface area contributed by atoms with Crippen molar-refractivity contribution in [2.75, 3.05) is 33.3 Å². The molecule has 7 rings (SSSR count). The Balaban J connectivity index is 0.00000289. The van der Waals surface area contributed by atoms with Crippen molar-refractivity contribution in [2.45, 2.75) is 38.2 Å². The first-order valence-corrected chi connectivity index (χ1v) is 13.7. The highest BCUT2D eigenvalue weighted by molar-refractivity contribution is 7.59. The lowest BCUT2D eigenvalue weighted by Crippen LogP contribution is -2.55. The maximum atomic E-state index is 14.9. The zero-order valence-corrected chi connectivity index (χ0v) is 23.7. The number of imidazole rings is 1. The first-order valence-electron chi connectivity index (χ1n) is 13.7. The van der Waals surface area contributed by atoms with Gasteiger partial charge in [-0.15, -0.1) is 0 Å². The molecule has 8 nitrogen and oxygen atoms in total. The van der Waals surface area contributed by atoms with E-state index in [1.807, 2.05) is 23.9 Å². The van der Waals surface area contributed by atoms with Gasteiger partial charge in [0.2, 0.25) is 0 Å². The number of nitrogens with zero attached hydrogens (tertiary/aromatic N) is 5. The van der Waals surface area contributed by atoms with Crippen LogP contribution in [0.25, 0.3) is 33.6 Å². The fourth-order valence-electron chi connectivity index (χ4n) is 6.47. The summed E-state index contributed by atoms with van der Waals surface area (Å²) in [5.41, 5.74) is 2.50. The lowest BCUT2D eigenvalue weighted by molar-refractivity contribution is -0.134. The first-order chi connectivity index (χ1) is 18.8. The van der Waals surface area contributed by atoms with Gasteiger partial charge in [0.25, 0.3) is 11.8 Å². The maximum absolute atomic E-state index is 14.9. The second-order valence-electron chi connectivity index (χ2n) is 11.4. The molecule has 5 heterocycles. The number of amides is 1. The third kappa shape index (κ3) is 4.16. The molecule has 3 aromatic heterocycles.